The topological polar surface area (TPSA) is 80.5 Å². The van der Waals surface area contributed by atoms with Crippen LogP contribution in [-0.2, 0) is 13.2 Å². The highest BCUT2D eigenvalue weighted by molar-refractivity contribution is 6.72. The molecule has 1 aliphatic rings. The standard InChI is InChI=1S/C35H42F2N4O3Si/c1-23(2)25-10-8-24(9-11-25)22-44-30-21-28(36)27(20-29(30)37)31-32(26-12-15-38-16-13-26)39-41-19-18-40(34(42)33(31)41)17-7-14-35(3,4)45(5,6)43/h8-13,15-16,20-21,23,43H,7,14,17-19,22H2,1-6H3. The van der Waals surface area contributed by atoms with Crippen LogP contribution < -0.4 is 4.74 Å². The van der Waals surface area contributed by atoms with Crippen LogP contribution in [0.25, 0.3) is 22.4 Å². The third-order valence-electron chi connectivity index (χ3n) is 9.20. The van der Waals surface area contributed by atoms with Crippen molar-refractivity contribution in [2.75, 3.05) is 13.1 Å². The van der Waals surface area contributed by atoms with E-state index in [4.69, 9.17) is 9.84 Å². The zero-order valence-electron chi connectivity index (χ0n) is 26.9. The molecule has 0 radical (unpaired) electrons. The van der Waals surface area contributed by atoms with Crippen LogP contribution >= 0.6 is 0 Å². The van der Waals surface area contributed by atoms with Crippen molar-refractivity contribution >= 4 is 14.2 Å². The Bertz CT molecular complexity index is 1670. The number of fused-ring (bicyclic) bond motifs is 1. The maximum absolute atomic E-state index is 16.0. The molecule has 1 amide bonds. The smallest absolute Gasteiger partial charge is 0.272 e. The molecule has 0 unspecified atom stereocenters. The second-order valence-electron chi connectivity index (χ2n) is 13.3. The number of hydrogen-bond donors (Lipinski definition) is 1. The minimum absolute atomic E-state index is 0.0569. The van der Waals surface area contributed by atoms with E-state index in [0.29, 0.717) is 43.2 Å². The van der Waals surface area contributed by atoms with E-state index in [1.807, 2.05) is 37.4 Å². The summed E-state index contributed by atoms with van der Waals surface area (Å²) in [7, 11) is -2.39. The predicted molar refractivity (Wildman–Crippen MR) is 175 cm³/mol. The summed E-state index contributed by atoms with van der Waals surface area (Å²) in [6.07, 6.45) is 4.68. The molecule has 0 atom stereocenters. The fourth-order valence-electron chi connectivity index (χ4n) is 5.50. The minimum atomic E-state index is -2.39. The number of carbonyl (C=O) groups excluding carboxylic acids is 1. The Labute approximate surface area is 265 Å². The van der Waals surface area contributed by atoms with E-state index in [-0.39, 0.29) is 40.1 Å². The molecule has 0 fully saturated rings. The molecule has 7 nitrogen and oxygen atoms in total. The van der Waals surface area contributed by atoms with E-state index in [9.17, 15) is 9.59 Å². The van der Waals surface area contributed by atoms with Gasteiger partial charge in [-0.15, -0.1) is 0 Å². The van der Waals surface area contributed by atoms with Crippen molar-refractivity contribution in [2.24, 2.45) is 0 Å². The van der Waals surface area contributed by atoms with Crippen LogP contribution in [0.2, 0.25) is 18.1 Å². The molecule has 0 saturated carbocycles. The Morgan fingerprint density at radius 3 is 2.36 bits per heavy atom. The summed E-state index contributed by atoms with van der Waals surface area (Å²) in [6.45, 7) is 13.7. The first-order chi connectivity index (χ1) is 21.3. The number of benzene rings is 2. The molecule has 4 aromatic rings. The molecule has 45 heavy (non-hydrogen) atoms. The molecule has 0 aliphatic carbocycles. The Hall–Kier alpha value is -3.89. The summed E-state index contributed by atoms with van der Waals surface area (Å²) in [4.78, 5) is 30.5. The molecule has 5 rings (SSSR count). The zero-order chi connectivity index (χ0) is 32.5. The largest absolute Gasteiger partial charge is 0.486 e. The molecular weight excluding hydrogens is 590 g/mol. The van der Waals surface area contributed by atoms with Crippen molar-refractivity contribution < 1.29 is 23.1 Å². The van der Waals surface area contributed by atoms with Gasteiger partial charge in [0, 0.05) is 48.2 Å². The average molecular weight is 633 g/mol. The molecule has 1 aliphatic heterocycles. The first kappa shape index (κ1) is 32.5. The molecule has 0 saturated heterocycles. The molecule has 2 aromatic heterocycles. The minimum Gasteiger partial charge on any atom is -0.486 e. The zero-order valence-corrected chi connectivity index (χ0v) is 27.9. The van der Waals surface area contributed by atoms with Crippen molar-refractivity contribution in [3.8, 4) is 28.1 Å². The van der Waals surface area contributed by atoms with Crippen molar-refractivity contribution in [3.63, 3.8) is 0 Å². The summed E-state index contributed by atoms with van der Waals surface area (Å²) >= 11 is 0. The normalized spacial score (nSPS) is 13.8. The number of rotatable bonds is 11. The van der Waals surface area contributed by atoms with Gasteiger partial charge in [-0.3, -0.25) is 14.5 Å². The number of nitrogens with zero attached hydrogens (tertiary/aromatic N) is 4. The summed E-state index contributed by atoms with van der Waals surface area (Å²) in [5.41, 5.74) is 3.46. The van der Waals surface area contributed by atoms with Crippen molar-refractivity contribution in [1.29, 1.82) is 0 Å². The van der Waals surface area contributed by atoms with Crippen LogP contribution in [0.4, 0.5) is 8.78 Å². The number of halogens is 2. The predicted octanol–water partition coefficient (Wildman–Crippen LogP) is 7.81. The van der Waals surface area contributed by atoms with E-state index in [1.54, 1.807) is 34.1 Å². The summed E-state index contributed by atoms with van der Waals surface area (Å²) in [5.74, 6) is -1.55. The second-order valence-corrected chi connectivity index (χ2v) is 17.8. The lowest BCUT2D eigenvalue weighted by molar-refractivity contribution is 0.0694. The van der Waals surface area contributed by atoms with Gasteiger partial charge in [0.2, 0.25) is 0 Å². The van der Waals surface area contributed by atoms with Crippen LogP contribution in [0.5, 0.6) is 5.75 Å². The molecule has 10 heteroatoms. The van der Waals surface area contributed by atoms with E-state index >= 15 is 8.78 Å². The van der Waals surface area contributed by atoms with Gasteiger partial charge in [-0.2, -0.15) is 5.10 Å². The quantitative estimate of drug-likeness (QED) is 0.171. The molecule has 0 bridgehead atoms. The number of amides is 1. The number of ether oxygens (including phenoxy) is 1. The van der Waals surface area contributed by atoms with Crippen LogP contribution in [0, 0.1) is 11.6 Å². The SMILES string of the molecule is CC(C)c1ccc(COc2cc(F)c(-c3c(-c4ccncc4)nn4c3C(=O)N(CCCC(C)(C)[Si](C)(C)O)CC4)cc2F)cc1. The number of hydrogen-bond acceptors (Lipinski definition) is 5. The number of aromatic nitrogens is 3. The highest BCUT2D eigenvalue weighted by Gasteiger charge is 2.38. The maximum atomic E-state index is 16.0. The summed E-state index contributed by atoms with van der Waals surface area (Å²) in [5, 5.41) is 4.50. The van der Waals surface area contributed by atoms with Crippen molar-refractivity contribution in [2.45, 2.75) is 77.7 Å². The summed E-state index contributed by atoms with van der Waals surface area (Å²) in [6, 6.07) is 13.5. The van der Waals surface area contributed by atoms with Crippen LogP contribution in [0.15, 0.2) is 60.9 Å². The van der Waals surface area contributed by atoms with E-state index < -0.39 is 20.0 Å². The lowest BCUT2D eigenvalue weighted by Crippen LogP contribution is -2.42. The molecule has 2 aromatic carbocycles. The van der Waals surface area contributed by atoms with Gasteiger partial charge in [0.1, 0.15) is 23.8 Å². The van der Waals surface area contributed by atoms with Gasteiger partial charge < -0.3 is 14.4 Å². The Kier molecular flexibility index (Phi) is 9.28. The Morgan fingerprint density at radius 2 is 1.71 bits per heavy atom. The maximum Gasteiger partial charge on any atom is 0.272 e. The molecule has 0 spiro atoms. The fraction of sp³-hybridized carbons (Fsp3) is 0.400. The fourth-order valence-corrected chi connectivity index (χ4v) is 6.29. The van der Waals surface area contributed by atoms with Crippen LogP contribution in [-0.4, -0.2) is 51.8 Å². The third-order valence-corrected chi connectivity index (χ3v) is 12.8. The second kappa shape index (κ2) is 12.8. The third kappa shape index (κ3) is 6.87. The molecular formula is C35H42F2N4O3Si. The van der Waals surface area contributed by atoms with Gasteiger partial charge in [0.05, 0.1) is 6.54 Å². The van der Waals surface area contributed by atoms with Crippen molar-refractivity contribution in [3.05, 3.63) is 89.4 Å². The molecule has 238 valence electrons. The lowest BCUT2D eigenvalue weighted by atomic mass is 9.97. The van der Waals surface area contributed by atoms with Crippen LogP contribution in [0.3, 0.4) is 0 Å². The van der Waals surface area contributed by atoms with Crippen LogP contribution in [0.1, 0.15) is 68.1 Å². The van der Waals surface area contributed by atoms with E-state index in [1.165, 1.54) is 5.56 Å². The van der Waals surface area contributed by atoms with Gasteiger partial charge in [-0.1, -0.05) is 52.0 Å². The molecule has 1 N–H and O–H groups in total. The van der Waals surface area contributed by atoms with E-state index in [0.717, 1.165) is 24.1 Å². The van der Waals surface area contributed by atoms with Gasteiger partial charge in [-0.25, -0.2) is 8.78 Å². The monoisotopic (exact) mass is 632 g/mol. The number of carbonyl (C=O) groups is 1. The number of pyridine rings is 1. The first-order valence-electron chi connectivity index (χ1n) is 15.5. The van der Waals surface area contributed by atoms with Gasteiger partial charge in [0.15, 0.2) is 19.9 Å². The van der Waals surface area contributed by atoms with E-state index in [2.05, 4.69) is 32.7 Å². The highest BCUT2D eigenvalue weighted by Crippen LogP contribution is 2.41. The first-order valence-corrected chi connectivity index (χ1v) is 18.5. The average Bonchev–Trinajstić information content (AvgIpc) is 3.39. The lowest BCUT2D eigenvalue weighted by Gasteiger charge is -2.36. The highest BCUT2D eigenvalue weighted by atomic mass is 28.4. The van der Waals surface area contributed by atoms with Crippen molar-refractivity contribution in [1.82, 2.24) is 19.7 Å². The summed E-state index contributed by atoms with van der Waals surface area (Å²) < 4.78 is 38.8. The Morgan fingerprint density at radius 1 is 1.02 bits per heavy atom. The Balaban J connectivity index is 1.46. The van der Waals surface area contributed by atoms with Gasteiger partial charge in [-0.05, 0) is 66.2 Å². The van der Waals surface area contributed by atoms with Gasteiger partial charge >= 0.3 is 0 Å². The van der Waals surface area contributed by atoms with Gasteiger partial charge in [0.25, 0.3) is 5.91 Å². The molecule has 3 heterocycles.